The van der Waals surface area contributed by atoms with Crippen molar-refractivity contribution in [3.63, 3.8) is 0 Å². The van der Waals surface area contributed by atoms with Crippen LogP contribution in [0.2, 0.25) is 0 Å². The summed E-state index contributed by atoms with van der Waals surface area (Å²) in [4.78, 5) is 4.28. The summed E-state index contributed by atoms with van der Waals surface area (Å²) < 4.78 is 26.0. The third-order valence-electron chi connectivity index (χ3n) is 4.00. The Morgan fingerprint density at radius 3 is 2.16 bits per heavy atom. The fourth-order valence-corrected chi connectivity index (χ4v) is 2.12. The fraction of sp³-hybridized carbons (Fsp3) is 0.643. The Morgan fingerprint density at radius 1 is 1.16 bits per heavy atom. The van der Waals surface area contributed by atoms with Gasteiger partial charge < -0.3 is 9.31 Å². The first-order valence-electron chi connectivity index (χ1n) is 6.65. The van der Waals surface area contributed by atoms with Gasteiger partial charge in [-0.25, -0.2) is 4.39 Å². The van der Waals surface area contributed by atoms with Crippen molar-refractivity contribution >= 4 is 12.6 Å². The maximum atomic E-state index is 14.2. The molecule has 1 saturated heterocycles. The van der Waals surface area contributed by atoms with Crippen molar-refractivity contribution in [2.75, 3.05) is 0 Å². The molecule has 0 atom stereocenters. The number of nitrogens with zero attached hydrogens (tertiary/aromatic N) is 1. The summed E-state index contributed by atoms with van der Waals surface area (Å²) in [7, 11) is -0.698. The fourth-order valence-electron chi connectivity index (χ4n) is 2.12. The van der Waals surface area contributed by atoms with Gasteiger partial charge in [-0.15, -0.1) is 0 Å². The van der Waals surface area contributed by atoms with Gasteiger partial charge in [-0.3, -0.25) is 4.98 Å². The molecule has 3 nitrogen and oxygen atoms in total. The first kappa shape index (κ1) is 14.5. The summed E-state index contributed by atoms with van der Waals surface area (Å²) in [5.74, 6) is -0.207. The lowest BCUT2D eigenvalue weighted by Crippen LogP contribution is -2.41. The summed E-state index contributed by atoms with van der Waals surface area (Å²) in [5, 5.41) is 0. The molecule has 1 aliphatic heterocycles. The van der Waals surface area contributed by atoms with Gasteiger partial charge >= 0.3 is 7.12 Å². The third kappa shape index (κ3) is 2.41. The van der Waals surface area contributed by atoms with Gasteiger partial charge in [0.1, 0.15) is 5.82 Å². The first-order valence-corrected chi connectivity index (χ1v) is 6.65. The SMILES string of the molecule is CC(C)c1nccc(F)c1B1OC(C)(C)C(C)(C)O1. The van der Waals surface area contributed by atoms with Gasteiger partial charge in [-0.2, -0.15) is 0 Å². The molecule has 0 bridgehead atoms. The second-order valence-corrected chi connectivity index (χ2v) is 6.33. The van der Waals surface area contributed by atoms with E-state index in [4.69, 9.17) is 9.31 Å². The van der Waals surface area contributed by atoms with Crippen molar-refractivity contribution in [3.8, 4) is 0 Å². The van der Waals surface area contributed by atoms with Crippen molar-refractivity contribution in [3.05, 3.63) is 23.8 Å². The second-order valence-electron chi connectivity index (χ2n) is 6.33. The summed E-state index contributed by atoms with van der Waals surface area (Å²) >= 11 is 0. The van der Waals surface area contributed by atoms with Crippen LogP contribution in [-0.4, -0.2) is 23.3 Å². The van der Waals surface area contributed by atoms with Crippen LogP contribution in [-0.2, 0) is 9.31 Å². The molecule has 5 heteroatoms. The highest BCUT2D eigenvalue weighted by Crippen LogP contribution is 2.37. The monoisotopic (exact) mass is 265 g/mol. The summed E-state index contributed by atoms with van der Waals surface area (Å²) in [5.41, 5.74) is 0.164. The maximum absolute atomic E-state index is 14.2. The van der Waals surface area contributed by atoms with Crippen LogP contribution in [0.25, 0.3) is 0 Å². The molecule has 0 radical (unpaired) electrons. The Kier molecular flexibility index (Phi) is 3.48. The number of hydrogen-bond donors (Lipinski definition) is 0. The highest BCUT2D eigenvalue weighted by atomic mass is 19.1. The van der Waals surface area contributed by atoms with Gasteiger partial charge in [0.05, 0.1) is 11.2 Å². The van der Waals surface area contributed by atoms with Gasteiger partial charge in [0.15, 0.2) is 0 Å². The molecule has 0 unspecified atom stereocenters. The minimum Gasteiger partial charge on any atom is -0.399 e. The summed E-state index contributed by atoms with van der Waals surface area (Å²) in [6.45, 7) is 11.8. The molecule has 0 amide bonds. The van der Waals surface area contributed by atoms with Gasteiger partial charge in [0, 0.05) is 17.4 Å². The van der Waals surface area contributed by atoms with Crippen molar-refractivity contribution in [2.45, 2.75) is 58.7 Å². The maximum Gasteiger partial charge on any atom is 0.499 e. The molecule has 0 N–H and O–H groups in total. The van der Waals surface area contributed by atoms with E-state index in [0.29, 0.717) is 11.2 Å². The lowest BCUT2D eigenvalue weighted by molar-refractivity contribution is 0.00578. The third-order valence-corrected chi connectivity index (χ3v) is 4.00. The average Bonchev–Trinajstić information content (AvgIpc) is 2.47. The molecular formula is C14H21BFNO2. The van der Waals surface area contributed by atoms with Crippen LogP contribution in [0.3, 0.4) is 0 Å². The zero-order valence-corrected chi connectivity index (χ0v) is 12.5. The molecule has 2 rings (SSSR count). The number of aromatic nitrogens is 1. The molecule has 0 saturated carbocycles. The van der Waals surface area contributed by atoms with Crippen molar-refractivity contribution in [2.24, 2.45) is 0 Å². The summed E-state index contributed by atoms with van der Waals surface area (Å²) in [6.07, 6.45) is 1.49. The van der Waals surface area contributed by atoms with E-state index >= 15 is 0 Å². The predicted octanol–water partition coefficient (Wildman–Crippen LogP) is 2.64. The molecule has 0 spiro atoms. The van der Waals surface area contributed by atoms with E-state index in [1.165, 1.54) is 12.3 Å². The molecule has 1 fully saturated rings. The summed E-state index contributed by atoms with van der Waals surface area (Å²) in [6, 6.07) is 1.35. The highest BCUT2D eigenvalue weighted by Gasteiger charge is 2.53. The molecule has 0 aromatic carbocycles. The minimum atomic E-state index is -0.698. The number of halogens is 1. The molecule has 2 heterocycles. The largest absolute Gasteiger partial charge is 0.499 e. The molecule has 1 aromatic heterocycles. The van der Waals surface area contributed by atoms with Crippen molar-refractivity contribution < 1.29 is 13.7 Å². The Hall–Kier alpha value is -0.935. The number of pyridine rings is 1. The zero-order chi connectivity index (χ0) is 14.4. The minimum absolute atomic E-state index is 0.115. The van der Waals surface area contributed by atoms with E-state index in [2.05, 4.69) is 4.98 Å². The second kappa shape index (κ2) is 4.56. The smallest absolute Gasteiger partial charge is 0.399 e. The van der Waals surface area contributed by atoms with Gasteiger partial charge in [0.25, 0.3) is 0 Å². The molecule has 0 aliphatic carbocycles. The molecular weight excluding hydrogens is 244 g/mol. The average molecular weight is 265 g/mol. The van der Waals surface area contributed by atoms with Gasteiger partial charge in [0.2, 0.25) is 0 Å². The van der Waals surface area contributed by atoms with Crippen LogP contribution in [0.4, 0.5) is 4.39 Å². The Morgan fingerprint density at radius 2 is 1.68 bits per heavy atom. The van der Waals surface area contributed by atoms with E-state index in [9.17, 15) is 4.39 Å². The Balaban J connectivity index is 2.45. The lowest BCUT2D eigenvalue weighted by Gasteiger charge is -2.32. The lowest BCUT2D eigenvalue weighted by atomic mass is 9.75. The van der Waals surface area contributed by atoms with E-state index in [1.807, 2.05) is 41.5 Å². The van der Waals surface area contributed by atoms with Crippen molar-refractivity contribution in [1.82, 2.24) is 4.98 Å². The van der Waals surface area contributed by atoms with E-state index < -0.39 is 18.3 Å². The first-order chi connectivity index (χ1) is 8.66. The van der Waals surface area contributed by atoms with Crippen LogP contribution in [0.15, 0.2) is 12.3 Å². The van der Waals surface area contributed by atoms with Crippen molar-refractivity contribution in [1.29, 1.82) is 0 Å². The number of rotatable bonds is 2. The van der Waals surface area contributed by atoms with Crippen LogP contribution >= 0.6 is 0 Å². The molecule has 1 aliphatic rings. The highest BCUT2D eigenvalue weighted by molar-refractivity contribution is 6.62. The standard InChI is InChI=1S/C14H21BFNO2/c1-9(2)12-11(10(16)7-8-17-12)15-18-13(3,4)14(5,6)19-15/h7-9H,1-6H3. The number of hydrogen-bond acceptors (Lipinski definition) is 3. The van der Waals surface area contributed by atoms with Gasteiger partial charge in [-0.05, 0) is 39.7 Å². The zero-order valence-electron chi connectivity index (χ0n) is 12.5. The van der Waals surface area contributed by atoms with Crippen LogP contribution < -0.4 is 5.46 Å². The van der Waals surface area contributed by atoms with Crippen LogP contribution in [0.5, 0.6) is 0 Å². The van der Waals surface area contributed by atoms with Gasteiger partial charge in [-0.1, -0.05) is 13.8 Å². The van der Waals surface area contributed by atoms with E-state index in [1.54, 1.807) is 0 Å². The molecule has 104 valence electrons. The Labute approximate surface area is 114 Å². The van der Waals surface area contributed by atoms with E-state index in [0.717, 1.165) is 0 Å². The van der Waals surface area contributed by atoms with E-state index in [-0.39, 0.29) is 11.7 Å². The predicted molar refractivity (Wildman–Crippen MR) is 74.0 cm³/mol. The molecule has 1 aromatic rings. The topological polar surface area (TPSA) is 31.4 Å². The molecule has 19 heavy (non-hydrogen) atoms. The Bertz CT molecular complexity index is 472. The quantitative estimate of drug-likeness (QED) is 0.770. The van der Waals surface area contributed by atoms with Crippen LogP contribution in [0.1, 0.15) is 53.2 Å². The van der Waals surface area contributed by atoms with Crippen LogP contribution in [0, 0.1) is 5.82 Å². The normalized spacial score (nSPS) is 21.2.